The SMILES string of the molecule is O[C@H]1CCCC1[C@H]1CCC[C@@H]1O. The van der Waals surface area contributed by atoms with Gasteiger partial charge in [0.25, 0.3) is 0 Å². The van der Waals surface area contributed by atoms with E-state index in [-0.39, 0.29) is 12.2 Å². The molecule has 0 spiro atoms. The van der Waals surface area contributed by atoms with Crippen molar-refractivity contribution in [2.45, 2.75) is 50.7 Å². The van der Waals surface area contributed by atoms with Crippen LogP contribution in [0.1, 0.15) is 38.5 Å². The predicted octanol–water partition coefficient (Wildman–Crippen LogP) is 1.31. The lowest BCUT2D eigenvalue weighted by molar-refractivity contribution is 0.0398. The van der Waals surface area contributed by atoms with Crippen LogP contribution in [0.5, 0.6) is 0 Å². The van der Waals surface area contributed by atoms with Crippen LogP contribution in [0, 0.1) is 11.8 Å². The van der Waals surface area contributed by atoms with Gasteiger partial charge in [-0.05, 0) is 37.5 Å². The van der Waals surface area contributed by atoms with E-state index in [0.29, 0.717) is 11.8 Å². The molecule has 70 valence electrons. The largest absolute Gasteiger partial charge is 0.393 e. The van der Waals surface area contributed by atoms with E-state index in [1.54, 1.807) is 0 Å². The Morgan fingerprint density at radius 1 is 0.667 bits per heavy atom. The van der Waals surface area contributed by atoms with Gasteiger partial charge in [-0.2, -0.15) is 0 Å². The molecule has 0 aliphatic heterocycles. The van der Waals surface area contributed by atoms with Crippen LogP contribution in [0.4, 0.5) is 0 Å². The van der Waals surface area contributed by atoms with Gasteiger partial charge in [-0.3, -0.25) is 0 Å². The van der Waals surface area contributed by atoms with Crippen LogP contribution in [-0.4, -0.2) is 22.4 Å². The third-order valence-electron chi connectivity index (χ3n) is 3.61. The van der Waals surface area contributed by atoms with Crippen LogP contribution >= 0.6 is 0 Å². The fourth-order valence-electron chi connectivity index (χ4n) is 2.94. The topological polar surface area (TPSA) is 40.5 Å². The van der Waals surface area contributed by atoms with Crippen LogP contribution in [0.25, 0.3) is 0 Å². The summed E-state index contributed by atoms with van der Waals surface area (Å²) in [7, 11) is 0. The Balaban J connectivity index is 1.98. The Labute approximate surface area is 73.6 Å². The van der Waals surface area contributed by atoms with Gasteiger partial charge < -0.3 is 10.2 Å². The van der Waals surface area contributed by atoms with Gasteiger partial charge >= 0.3 is 0 Å². The second-order valence-electron chi connectivity index (χ2n) is 4.32. The highest BCUT2D eigenvalue weighted by atomic mass is 16.3. The number of hydrogen-bond acceptors (Lipinski definition) is 2. The molecule has 2 aliphatic rings. The summed E-state index contributed by atoms with van der Waals surface area (Å²) in [4.78, 5) is 0. The Morgan fingerprint density at radius 3 is 1.33 bits per heavy atom. The van der Waals surface area contributed by atoms with Gasteiger partial charge in [0.2, 0.25) is 0 Å². The van der Waals surface area contributed by atoms with Crippen LogP contribution in [0.3, 0.4) is 0 Å². The minimum atomic E-state index is -0.122. The van der Waals surface area contributed by atoms with Crippen molar-refractivity contribution >= 4 is 0 Å². The zero-order valence-corrected chi connectivity index (χ0v) is 7.45. The first-order chi connectivity index (χ1) is 5.79. The van der Waals surface area contributed by atoms with E-state index in [1.807, 2.05) is 0 Å². The fraction of sp³-hybridized carbons (Fsp3) is 1.00. The van der Waals surface area contributed by atoms with Gasteiger partial charge in [0.15, 0.2) is 0 Å². The summed E-state index contributed by atoms with van der Waals surface area (Å²) >= 11 is 0. The number of aliphatic hydroxyl groups is 2. The van der Waals surface area contributed by atoms with Crippen molar-refractivity contribution in [3.63, 3.8) is 0 Å². The molecule has 0 aromatic heterocycles. The molecule has 2 aliphatic carbocycles. The van der Waals surface area contributed by atoms with E-state index >= 15 is 0 Å². The second-order valence-corrected chi connectivity index (χ2v) is 4.32. The average Bonchev–Trinajstić information content (AvgIpc) is 2.59. The maximum Gasteiger partial charge on any atom is 0.0572 e. The highest BCUT2D eigenvalue weighted by molar-refractivity contribution is 4.89. The second kappa shape index (κ2) is 3.35. The summed E-state index contributed by atoms with van der Waals surface area (Å²) in [6.07, 6.45) is 6.21. The molecule has 2 fully saturated rings. The average molecular weight is 170 g/mol. The third-order valence-corrected chi connectivity index (χ3v) is 3.61. The molecule has 4 atom stereocenters. The third kappa shape index (κ3) is 1.38. The van der Waals surface area contributed by atoms with E-state index < -0.39 is 0 Å². The predicted molar refractivity (Wildman–Crippen MR) is 46.7 cm³/mol. The highest BCUT2D eigenvalue weighted by Crippen LogP contribution is 2.40. The van der Waals surface area contributed by atoms with Gasteiger partial charge in [0, 0.05) is 0 Å². The maximum absolute atomic E-state index is 9.66. The van der Waals surface area contributed by atoms with E-state index in [9.17, 15) is 10.2 Å². The Hall–Kier alpha value is -0.0800. The standard InChI is InChI=1S/C10H18O2/c11-9-5-1-3-7(9)8-4-2-6-10(8)12/h7-12H,1-6H2/t7-,8?,9+,10+/m1/s1. The molecule has 0 bridgehead atoms. The number of aliphatic hydroxyl groups excluding tert-OH is 2. The summed E-state index contributed by atoms with van der Waals surface area (Å²) in [6, 6.07) is 0. The highest BCUT2D eigenvalue weighted by Gasteiger charge is 2.38. The molecule has 0 heterocycles. The van der Waals surface area contributed by atoms with Gasteiger partial charge in [0.05, 0.1) is 12.2 Å². The smallest absolute Gasteiger partial charge is 0.0572 e. The van der Waals surface area contributed by atoms with Crippen molar-refractivity contribution in [1.82, 2.24) is 0 Å². The molecule has 2 nitrogen and oxygen atoms in total. The Morgan fingerprint density at radius 2 is 1.08 bits per heavy atom. The van der Waals surface area contributed by atoms with Crippen LogP contribution in [0.15, 0.2) is 0 Å². The van der Waals surface area contributed by atoms with Crippen LogP contribution in [-0.2, 0) is 0 Å². The van der Waals surface area contributed by atoms with Gasteiger partial charge in [-0.15, -0.1) is 0 Å². The lowest BCUT2D eigenvalue weighted by Crippen LogP contribution is -2.28. The first-order valence-corrected chi connectivity index (χ1v) is 5.15. The quantitative estimate of drug-likeness (QED) is 0.623. The molecule has 1 unspecified atom stereocenters. The summed E-state index contributed by atoms with van der Waals surface area (Å²) < 4.78 is 0. The number of hydrogen-bond donors (Lipinski definition) is 2. The van der Waals surface area contributed by atoms with Crippen molar-refractivity contribution < 1.29 is 10.2 Å². The van der Waals surface area contributed by atoms with Crippen molar-refractivity contribution in [2.75, 3.05) is 0 Å². The van der Waals surface area contributed by atoms with Crippen molar-refractivity contribution in [3.05, 3.63) is 0 Å². The molecule has 2 N–H and O–H groups in total. The van der Waals surface area contributed by atoms with Gasteiger partial charge in [-0.25, -0.2) is 0 Å². The summed E-state index contributed by atoms with van der Waals surface area (Å²) in [5.41, 5.74) is 0. The molecular formula is C10H18O2. The van der Waals surface area contributed by atoms with Crippen LogP contribution < -0.4 is 0 Å². The zero-order valence-electron chi connectivity index (χ0n) is 7.45. The van der Waals surface area contributed by atoms with Gasteiger partial charge in [0.1, 0.15) is 0 Å². The Kier molecular flexibility index (Phi) is 2.37. The molecule has 2 heteroatoms. The normalized spacial score (nSPS) is 48.5. The van der Waals surface area contributed by atoms with E-state index in [1.165, 1.54) is 0 Å². The lowest BCUT2D eigenvalue weighted by atomic mass is 9.86. The molecule has 2 rings (SSSR count). The van der Waals surface area contributed by atoms with Crippen molar-refractivity contribution in [2.24, 2.45) is 11.8 Å². The molecule has 0 amide bonds. The minimum absolute atomic E-state index is 0.122. The first-order valence-electron chi connectivity index (χ1n) is 5.15. The molecular weight excluding hydrogens is 152 g/mol. The number of rotatable bonds is 1. The van der Waals surface area contributed by atoms with Gasteiger partial charge in [-0.1, -0.05) is 12.8 Å². The monoisotopic (exact) mass is 170 g/mol. The minimum Gasteiger partial charge on any atom is -0.393 e. The zero-order chi connectivity index (χ0) is 8.55. The summed E-state index contributed by atoms with van der Waals surface area (Å²) in [6.45, 7) is 0. The maximum atomic E-state index is 9.66. The van der Waals surface area contributed by atoms with E-state index in [0.717, 1.165) is 38.5 Å². The molecule has 0 saturated heterocycles. The van der Waals surface area contributed by atoms with Crippen molar-refractivity contribution in [3.8, 4) is 0 Å². The van der Waals surface area contributed by atoms with E-state index in [4.69, 9.17) is 0 Å². The summed E-state index contributed by atoms with van der Waals surface area (Å²) in [5.74, 6) is 0.810. The van der Waals surface area contributed by atoms with Crippen LogP contribution in [0.2, 0.25) is 0 Å². The first kappa shape index (κ1) is 8.52. The Bertz CT molecular complexity index is 140. The lowest BCUT2D eigenvalue weighted by Gasteiger charge is -2.24. The van der Waals surface area contributed by atoms with Crippen molar-refractivity contribution in [1.29, 1.82) is 0 Å². The molecule has 12 heavy (non-hydrogen) atoms. The summed E-state index contributed by atoms with van der Waals surface area (Å²) in [5, 5.41) is 19.3. The molecule has 0 aromatic carbocycles. The molecule has 0 aromatic rings. The molecule has 0 radical (unpaired) electrons. The molecule has 2 saturated carbocycles. The fourth-order valence-corrected chi connectivity index (χ4v) is 2.94. The van der Waals surface area contributed by atoms with E-state index in [2.05, 4.69) is 0 Å².